The third kappa shape index (κ3) is 2.78. The van der Waals surface area contributed by atoms with Gasteiger partial charge in [0.05, 0.1) is 7.11 Å². The van der Waals surface area contributed by atoms with Crippen LogP contribution in [-0.4, -0.2) is 45.4 Å². The van der Waals surface area contributed by atoms with Gasteiger partial charge < -0.3 is 14.9 Å². The number of hydrogen-bond donors (Lipinski definition) is 1. The average Bonchev–Trinajstić information content (AvgIpc) is 3.23. The Balaban J connectivity index is 2.51. The minimum absolute atomic E-state index is 0.0431. The smallest absolute Gasteiger partial charge is 0.342 e. The molecule has 0 aromatic carbocycles. The molecule has 1 unspecified atom stereocenters. The summed E-state index contributed by atoms with van der Waals surface area (Å²) in [7, 11) is -1.19. The van der Waals surface area contributed by atoms with E-state index >= 15 is 0 Å². The van der Waals surface area contributed by atoms with Crippen LogP contribution in [0.1, 0.15) is 34.7 Å². The van der Waals surface area contributed by atoms with Crippen LogP contribution in [0.2, 0.25) is 0 Å². The van der Waals surface area contributed by atoms with E-state index in [1.165, 1.54) is 25.4 Å². The maximum absolute atomic E-state index is 12.9. The lowest BCUT2D eigenvalue weighted by molar-refractivity contribution is 0.0594. The van der Waals surface area contributed by atoms with E-state index in [-0.39, 0.29) is 40.5 Å². The van der Waals surface area contributed by atoms with Gasteiger partial charge in [-0.05, 0) is 32.6 Å². The molecule has 22 heavy (non-hydrogen) atoms. The number of rotatable bonds is 6. The molecule has 0 saturated heterocycles. The van der Waals surface area contributed by atoms with Crippen molar-refractivity contribution in [3.8, 4) is 0 Å². The van der Waals surface area contributed by atoms with Crippen LogP contribution in [-0.2, 0) is 14.8 Å². The summed E-state index contributed by atoms with van der Waals surface area (Å²) < 4.78 is 37.2. The van der Waals surface area contributed by atoms with Gasteiger partial charge in [0.15, 0.2) is 0 Å². The Hall–Kier alpha value is -1.38. The van der Waals surface area contributed by atoms with E-state index in [1.54, 1.807) is 6.92 Å². The lowest BCUT2D eigenvalue weighted by atomic mass is 10.2. The van der Waals surface area contributed by atoms with Crippen LogP contribution in [0.15, 0.2) is 9.31 Å². The van der Waals surface area contributed by atoms with E-state index in [0.29, 0.717) is 0 Å². The minimum Gasteiger partial charge on any atom is -0.465 e. The molecule has 1 aliphatic carbocycles. The Kier molecular flexibility index (Phi) is 4.65. The zero-order chi connectivity index (χ0) is 16.7. The number of carbonyl (C=O) groups is 1. The van der Waals surface area contributed by atoms with Crippen LogP contribution < -0.4 is 5.73 Å². The second kappa shape index (κ2) is 6.02. The number of aryl methyl sites for hydroxylation is 2. The van der Waals surface area contributed by atoms with Crippen molar-refractivity contribution in [1.82, 2.24) is 4.31 Å². The molecule has 1 fully saturated rings. The maximum Gasteiger partial charge on any atom is 0.342 e. The first-order valence-corrected chi connectivity index (χ1v) is 8.56. The molecule has 0 spiro atoms. The molecule has 2 rings (SSSR count). The summed E-state index contributed by atoms with van der Waals surface area (Å²) in [5, 5.41) is 0. The van der Waals surface area contributed by atoms with Crippen molar-refractivity contribution in [3.63, 3.8) is 0 Å². The third-order valence-corrected chi connectivity index (χ3v) is 6.14. The van der Waals surface area contributed by atoms with Gasteiger partial charge in [0, 0.05) is 19.6 Å². The van der Waals surface area contributed by atoms with Gasteiger partial charge in [-0.2, -0.15) is 4.31 Å². The van der Waals surface area contributed by atoms with Gasteiger partial charge in [0.25, 0.3) is 0 Å². The van der Waals surface area contributed by atoms with Crippen LogP contribution in [0.4, 0.5) is 0 Å². The van der Waals surface area contributed by atoms with Crippen LogP contribution in [0.5, 0.6) is 0 Å². The number of likely N-dealkylation sites (N-methyl/N-ethyl adjacent to an activating group) is 1. The topological polar surface area (TPSA) is 103 Å². The number of furan rings is 1. The highest BCUT2D eigenvalue weighted by molar-refractivity contribution is 7.89. The van der Waals surface area contributed by atoms with Crippen molar-refractivity contribution < 1.29 is 22.4 Å². The fraction of sp³-hybridized carbons (Fsp3) is 0.643. The van der Waals surface area contributed by atoms with Crippen molar-refractivity contribution in [2.24, 2.45) is 11.7 Å². The normalized spacial score (nSPS) is 16.8. The van der Waals surface area contributed by atoms with E-state index < -0.39 is 16.0 Å². The molecule has 8 heteroatoms. The standard InChI is InChI=1S/C14H22N2O5S/c1-8-12(14(17)20-4)13(9(2)21-8)22(18,19)16(3)11(7-15)10-5-6-10/h10-11H,5-7,15H2,1-4H3. The zero-order valence-electron chi connectivity index (χ0n) is 13.3. The van der Waals surface area contributed by atoms with Crippen molar-refractivity contribution in [2.45, 2.75) is 37.6 Å². The SMILES string of the molecule is COC(=O)c1c(C)oc(C)c1S(=O)(=O)N(C)C(CN)C1CC1. The van der Waals surface area contributed by atoms with Crippen LogP contribution in [0.25, 0.3) is 0 Å². The van der Waals surface area contributed by atoms with Crippen molar-refractivity contribution in [1.29, 1.82) is 0 Å². The van der Waals surface area contributed by atoms with Crippen LogP contribution >= 0.6 is 0 Å². The lowest BCUT2D eigenvalue weighted by Gasteiger charge is -2.26. The first-order chi connectivity index (χ1) is 10.3. The summed E-state index contributed by atoms with van der Waals surface area (Å²) in [5.41, 5.74) is 5.69. The highest BCUT2D eigenvalue weighted by atomic mass is 32.2. The predicted octanol–water partition coefficient (Wildman–Crippen LogP) is 1.04. The summed E-state index contributed by atoms with van der Waals surface area (Å²) in [6.07, 6.45) is 1.93. The van der Waals surface area contributed by atoms with E-state index in [9.17, 15) is 13.2 Å². The van der Waals surface area contributed by atoms with Gasteiger partial charge in [-0.1, -0.05) is 0 Å². The van der Waals surface area contributed by atoms with E-state index in [4.69, 9.17) is 10.2 Å². The molecular weight excluding hydrogens is 308 g/mol. The molecule has 1 aromatic rings. The largest absolute Gasteiger partial charge is 0.465 e. The number of carbonyl (C=O) groups excluding carboxylic acids is 1. The van der Waals surface area contributed by atoms with E-state index in [1.807, 2.05) is 0 Å². The molecule has 0 bridgehead atoms. The molecule has 0 amide bonds. The molecule has 1 saturated carbocycles. The number of sulfonamides is 1. The molecular formula is C14H22N2O5S. The zero-order valence-corrected chi connectivity index (χ0v) is 14.1. The number of nitrogens with zero attached hydrogens (tertiary/aromatic N) is 1. The Bertz CT molecular complexity index is 676. The molecule has 0 aliphatic heterocycles. The fourth-order valence-corrected chi connectivity index (χ4v) is 4.55. The van der Waals surface area contributed by atoms with E-state index in [2.05, 4.69) is 4.74 Å². The molecule has 0 radical (unpaired) electrons. The number of ether oxygens (including phenoxy) is 1. The summed E-state index contributed by atoms with van der Waals surface area (Å²) in [6.45, 7) is 3.30. The second-order valence-corrected chi connectivity index (χ2v) is 7.51. The quantitative estimate of drug-likeness (QED) is 0.782. The molecule has 7 nitrogen and oxygen atoms in total. The van der Waals surface area contributed by atoms with Gasteiger partial charge in [0.2, 0.25) is 10.0 Å². The van der Waals surface area contributed by atoms with Crippen molar-refractivity contribution >= 4 is 16.0 Å². The van der Waals surface area contributed by atoms with E-state index in [0.717, 1.165) is 12.8 Å². The Morgan fingerprint density at radius 3 is 2.45 bits per heavy atom. The van der Waals surface area contributed by atoms with Gasteiger partial charge in [0.1, 0.15) is 22.0 Å². The maximum atomic E-state index is 12.9. The summed E-state index contributed by atoms with van der Waals surface area (Å²) in [6, 6.07) is -0.273. The van der Waals surface area contributed by atoms with Crippen LogP contribution in [0.3, 0.4) is 0 Å². The third-order valence-electron chi connectivity index (χ3n) is 4.11. The second-order valence-electron chi connectivity index (χ2n) is 5.57. The van der Waals surface area contributed by atoms with Crippen LogP contribution in [0, 0.1) is 19.8 Å². The van der Waals surface area contributed by atoms with Gasteiger partial charge in [-0.3, -0.25) is 0 Å². The molecule has 1 aliphatic rings. The van der Waals surface area contributed by atoms with Gasteiger partial charge in [-0.15, -0.1) is 0 Å². The monoisotopic (exact) mass is 330 g/mol. The predicted molar refractivity (Wildman–Crippen MR) is 80.0 cm³/mol. The highest BCUT2D eigenvalue weighted by Crippen LogP contribution is 2.38. The number of nitrogens with two attached hydrogens (primary N) is 1. The fourth-order valence-electron chi connectivity index (χ4n) is 2.75. The van der Waals surface area contributed by atoms with Crippen molar-refractivity contribution in [2.75, 3.05) is 20.7 Å². The summed E-state index contributed by atoms with van der Waals surface area (Å²) in [5.74, 6) is -0.0416. The van der Waals surface area contributed by atoms with Crippen molar-refractivity contribution in [3.05, 3.63) is 17.1 Å². The first kappa shape index (κ1) is 17.0. The number of methoxy groups -OCH3 is 1. The minimum atomic E-state index is -3.89. The number of hydrogen-bond acceptors (Lipinski definition) is 6. The first-order valence-electron chi connectivity index (χ1n) is 7.12. The molecule has 1 aromatic heterocycles. The molecule has 2 N–H and O–H groups in total. The molecule has 1 heterocycles. The average molecular weight is 330 g/mol. The molecule has 124 valence electrons. The highest BCUT2D eigenvalue weighted by Gasteiger charge is 2.41. The summed E-state index contributed by atoms with van der Waals surface area (Å²) in [4.78, 5) is 11.8. The Labute approximate surface area is 130 Å². The Morgan fingerprint density at radius 2 is 2.00 bits per heavy atom. The Morgan fingerprint density at radius 1 is 1.41 bits per heavy atom. The summed E-state index contributed by atoms with van der Waals surface area (Å²) >= 11 is 0. The van der Waals surface area contributed by atoms with Gasteiger partial charge >= 0.3 is 5.97 Å². The lowest BCUT2D eigenvalue weighted by Crippen LogP contribution is -2.43. The molecule has 1 atom stereocenters. The number of esters is 1. The van der Waals surface area contributed by atoms with Gasteiger partial charge in [-0.25, -0.2) is 13.2 Å².